The Morgan fingerprint density at radius 1 is 1.25 bits per heavy atom. The second-order valence-corrected chi connectivity index (χ2v) is 9.23. The van der Waals surface area contributed by atoms with Crippen LogP contribution in [0, 0.1) is 5.92 Å². The first-order valence-electron chi connectivity index (χ1n) is 8.85. The molecule has 2 aliphatic heterocycles. The average Bonchev–Trinajstić information content (AvgIpc) is 2.55. The van der Waals surface area contributed by atoms with E-state index in [0.29, 0.717) is 13.1 Å². The molecular weight excluding hydrogens is 324 g/mol. The van der Waals surface area contributed by atoms with E-state index in [-0.39, 0.29) is 0 Å². The molecular formula is C18H28N2O3S. The third-order valence-electron chi connectivity index (χ3n) is 5.27. The monoisotopic (exact) mass is 352 g/mol. The number of fused-ring (bicyclic) bond motifs is 1. The van der Waals surface area contributed by atoms with Crippen LogP contribution in [0.1, 0.15) is 43.4 Å². The molecule has 2 aliphatic rings. The fraction of sp³-hybridized carbons (Fsp3) is 0.667. The summed E-state index contributed by atoms with van der Waals surface area (Å²) in [5.74, 6) is 0.782. The number of aryl methyl sites for hydroxylation is 1. The van der Waals surface area contributed by atoms with Crippen LogP contribution in [0.5, 0.6) is 0 Å². The van der Waals surface area contributed by atoms with Crippen molar-refractivity contribution >= 4 is 15.7 Å². The van der Waals surface area contributed by atoms with E-state index in [9.17, 15) is 13.5 Å². The Morgan fingerprint density at radius 2 is 1.96 bits per heavy atom. The van der Waals surface area contributed by atoms with Crippen molar-refractivity contribution in [3.8, 4) is 0 Å². The summed E-state index contributed by atoms with van der Waals surface area (Å²) < 4.78 is 25.3. The highest BCUT2D eigenvalue weighted by atomic mass is 32.2. The number of aliphatic hydroxyl groups is 1. The van der Waals surface area contributed by atoms with E-state index >= 15 is 0 Å². The number of rotatable bonds is 4. The van der Waals surface area contributed by atoms with Crippen molar-refractivity contribution in [2.75, 3.05) is 36.7 Å². The van der Waals surface area contributed by atoms with E-state index in [2.05, 4.69) is 11.8 Å². The lowest BCUT2D eigenvalue weighted by molar-refractivity contribution is 0.0916. The number of piperidine rings is 1. The van der Waals surface area contributed by atoms with Crippen molar-refractivity contribution in [3.63, 3.8) is 0 Å². The first kappa shape index (κ1) is 17.7. The molecule has 134 valence electrons. The topological polar surface area (TPSA) is 60.9 Å². The molecule has 3 rings (SSSR count). The lowest BCUT2D eigenvalue weighted by atomic mass is 9.96. The van der Waals surface area contributed by atoms with Crippen LogP contribution in [0.3, 0.4) is 0 Å². The van der Waals surface area contributed by atoms with Gasteiger partial charge in [-0.3, -0.25) is 4.31 Å². The number of β-amino-alcohol motifs (C(OH)–C–C–N with tert-alkyl or cyclic N) is 1. The van der Waals surface area contributed by atoms with Gasteiger partial charge < -0.3 is 10.0 Å². The Kier molecular flexibility index (Phi) is 5.18. The zero-order chi connectivity index (χ0) is 17.3. The molecule has 0 saturated carbocycles. The van der Waals surface area contributed by atoms with Crippen LogP contribution in [0.2, 0.25) is 0 Å². The van der Waals surface area contributed by atoms with Crippen molar-refractivity contribution in [2.24, 2.45) is 5.92 Å². The van der Waals surface area contributed by atoms with Gasteiger partial charge in [-0.05, 0) is 61.9 Å². The van der Waals surface area contributed by atoms with Crippen molar-refractivity contribution in [1.29, 1.82) is 0 Å². The Balaban J connectivity index is 1.73. The van der Waals surface area contributed by atoms with Crippen LogP contribution in [0.15, 0.2) is 18.2 Å². The predicted molar refractivity (Wildman–Crippen MR) is 96.8 cm³/mol. The summed E-state index contributed by atoms with van der Waals surface area (Å²) in [7, 11) is -3.24. The minimum Gasteiger partial charge on any atom is -0.387 e. The van der Waals surface area contributed by atoms with E-state index in [0.717, 1.165) is 48.7 Å². The Hall–Kier alpha value is -1.11. The lowest BCUT2D eigenvalue weighted by Crippen LogP contribution is -2.36. The SMILES string of the molecule is CC1CCN(C[C@H](O)c2ccc3c(c2)CCCN3S(C)(=O)=O)CC1. The normalized spacial score (nSPS) is 21.5. The Bertz CT molecular complexity index is 682. The second kappa shape index (κ2) is 7.02. The summed E-state index contributed by atoms with van der Waals surface area (Å²) in [6.45, 7) is 5.57. The standard InChI is InChI=1S/C18H28N2O3S/c1-14-7-10-19(11-8-14)13-18(21)16-5-6-17-15(12-16)4-3-9-20(17)24(2,22)23/h5-6,12,14,18,21H,3-4,7-11,13H2,1-2H3/t18-/m0/s1. The molecule has 2 heterocycles. The molecule has 0 aromatic heterocycles. The van der Waals surface area contributed by atoms with Gasteiger partial charge in [-0.1, -0.05) is 19.1 Å². The van der Waals surface area contributed by atoms with E-state index in [1.807, 2.05) is 18.2 Å². The van der Waals surface area contributed by atoms with Crippen LogP contribution >= 0.6 is 0 Å². The van der Waals surface area contributed by atoms with Gasteiger partial charge in [0.05, 0.1) is 18.0 Å². The van der Waals surface area contributed by atoms with Crippen molar-refractivity contribution < 1.29 is 13.5 Å². The fourth-order valence-corrected chi connectivity index (χ4v) is 4.73. The van der Waals surface area contributed by atoms with Crippen molar-refractivity contribution in [3.05, 3.63) is 29.3 Å². The van der Waals surface area contributed by atoms with Crippen molar-refractivity contribution in [2.45, 2.75) is 38.7 Å². The first-order valence-corrected chi connectivity index (χ1v) is 10.7. The predicted octanol–water partition coefficient (Wildman–Crippen LogP) is 2.16. The van der Waals surface area contributed by atoms with Crippen LogP contribution < -0.4 is 4.31 Å². The van der Waals surface area contributed by atoms with Gasteiger partial charge in [-0.25, -0.2) is 8.42 Å². The van der Waals surface area contributed by atoms with Gasteiger partial charge >= 0.3 is 0 Å². The van der Waals surface area contributed by atoms with Gasteiger partial charge in [-0.2, -0.15) is 0 Å². The van der Waals surface area contributed by atoms with Crippen molar-refractivity contribution in [1.82, 2.24) is 4.90 Å². The molecule has 1 aromatic carbocycles. The van der Waals surface area contributed by atoms with Gasteiger partial charge in [0, 0.05) is 13.1 Å². The van der Waals surface area contributed by atoms with Crippen LogP contribution in [-0.4, -0.2) is 50.9 Å². The highest BCUT2D eigenvalue weighted by molar-refractivity contribution is 7.92. The minimum atomic E-state index is -3.24. The molecule has 0 bridgehead atoms. The fourth-order valence-electron chi connectivity index (χ4n) is 3.73. The van der Waals surface area contributed by atoms with Gasteiger partial charge in [0.25, 0.3) is 0 Å². The summed E-state index contributed by atoms with van der Waals surface area (Å²) in [5, 5.41) is 10.6. The number of aliphatic hydroxyl groups excluding tert-OH is 1. The highest BCUT2D eigenvalue weighted by Crippen LogP contribution is 2.31. The van der Waals surface area contributed by atoms with Gasteiger partial charge in [0.1, 0.15) is 0 Å². The summed E-state index contributed by atoms with van der Waals surface area (Å²) in [5.41, 5.74) is 2.68. The summed E-state index contributed by atoms with van der Waals surface area (Å²) in [4.78, 5) is 2.33. The van der Waals surface area contributed by atoms with Gasteiger partial charge in [0.2, 0.25) is 10.0 Å². The third kappa shape index (κ3) is 3.92. The molecule has 24 heavy (non-hydrogen) atoms. The van der Waals surface area contributed by atoms with E-state index in [4.69, 9.17) is 0 Å². The maximum absolute atomic E-state index is 11.9. The van der Waals surface area contributed by atoms with E-state index in [1.54, 1.807) is 0 Å². The largest absolute Gasteiger partial charge is 0.387 e. The summed E-state index contributed by atoms with van der Waals surface area (Å²) >= 11 is 0. The smallest absolute Gasteiger partial charge is 0.232 e. The molecule has 0 amide bonds. The minimum absolute atomic E-state index is 0.516. The van der Waals surface area contributed by atoms with Crippen LogP contribution in [0.4, 0.5) is 5.69 Å². The number of likely N-dealkylation sites (tertiary alicyclic amines) is 1. The van der Waals surface area contributed by atoms with Crippen LogP contribution in [-0.2, 0) is 16.4 Å². The zero-order valence-electron chi connectivity index (χ0n) is 14.6. The maximum Gasteiger partial charge on any atom is 0.232 e. The quantitative estimate of drug-likeness (QED) is 0.902. The summed E-state index contributed by atoms with van der Waals surface area (Å²) in [6, 6.07) is 5.72. The molecule has 0 spiro atoms. The number of anilines is 1. The average molecular weight is 353 g/mol. The first-order chi connectivity index (χ1) is 11.3. The second-order valence-electron chi connectivity index (χ2n) is 7.33. The third-order valence-corrected chi connectivity index (χ3v) is 6.45. The molecule has 0 radical (unpaired) electrons. The van der Waals surface area contributed by atoms with E-state index < -0.39 is 16.1 Å². The molecule has 0 unspecified atom stereocenters. The molecule has 6 heteroatoms. The zero-order valence-corrected chi connectivity index (χ0v) is 15.4. The molecule has 1 aromatic rings. The number of benzene rings is 1. The molecule has 1 fully saturated rings. The molecule has 1 saturated heterocycles. The number of hydrogen-bond donors (Lipinski definition) is 1. The number of sulfonamides is 1. The lowest BCUT2D eigenvalue weighted by Gasteiger charge is -2.32. The Morgan fingerprint density at radius 3 is 2.62 bits per heavy atom. The highest BCUT2D eigenvalue weighted by Gasteiger charge is 2.25. The Labute approximate surface area is 145 Å². The maximum atomic E-state index is 11.9. The van der Waals surface area contributed by atoms with Crippen LogP contribution in [0.25, 0.3) is 0 Å². The molecule has 1 atom stereocenters. The molecule has 5 nitrogen and oxygen atoms in total. The number of hydrogen-bond acceptors (Lipinski definition) is 4. The van der Waals surface area contributed by atoms with E-state index in [1.165, 1.54) is 23.4 Å². The summed E-state index contributed by atoms with van der Waals surface area (Å²) in [6.07, 6.45) is 4.81. The van der Waals surface area contributed by atoms with Gasteiger partial charge in [0.15, 0.2) is 0 Å². The molecule has 0 aliphatic carbocycles. The molecule has 1 N–H and O–H groups in total. The van der Waals surface area contributed by atoms with Gasteiger partial charge in [-0.15, -0.1) is 0 Å². The number of nitrogens with zero attached hydrogens (tertiary/aromatic N) is 2.